The number of hydrogen-bond acceptors (Lipinski definition) is 6. The topological polar surface area (TPSA) is 87.2 Å². The number of fused-ring (bicyclic) bond motifs is 3. The molecule has 0 saturated carbocycles. The molecule has 6 aromatic rings. The van der Waals surface area contributed by atoms with Crippen molar-refractivity contribution >= 4 is 64.0 Å². The highest BCUT2D eigenvalue weighted by atomic mass is 35.5. The SMILES string of the molecule is CCCC(CCO[Si](c1ccccc1)(c1ccccc1)C(C)(C)C)Nc1nc(N)nc2c3cc(F)ccc3n(Cc3cc(CCl)ccc3OC)c12. The van der Waals surface area contributed by atoms with Gasteiger partial charge in [0.25, 0.3) is 8.32 Å². The Bertz CT molecular complexity index is 2060. The van der Waals surface area contributed by atoms with Crippen molar-refractivity contribution in [1.29, 1.82) is 0 Å². The van der Waals surface area contributed by atoms with Gasteiger partial charge in [-0.25, -0.2) is 9.37 Å². The highest BCUT2D eigenvalue weighted by molar-refractivity contribution is 6.99. The lowest BCUT2D eigenvalue weighted by Gasteiger charge is -2.43. The molecule has 0 aliphatic rings. The smallest absolute Gasteiger partial charge is 0.261 e. The fourth-order valence-corrected chi connectivity index (χ4v) is 12.1. The van der Waals surface area contributed by atoms with Crippen LogP contribution in [0.2, 0.25) is 5.04 Å². The highest BCUT2D eigenvalue weighted by Gasteiger charge is 2.50. The molecule has 0 aliphatic carbocycles. The minimum Gasteiger partial charge on any atom is -0.496 e. The van der Waals surface area contributed by atoms with Gasteiger partial charge < -0.3 is 24.8 Å². The summed E-state index contributed by atoms with van der Waals surface area (Å²) in [5.41, 5.74) is 10.4. The molecular weight excluding hydrogens is 677 g/mol. The summed E-state index contributed by atoms with van der Waals surface area (Å²) >= 11 is 6.24. The Balaban J connectivity index is 1.39. The molecule has 2 heterocycles. The lowest BCUT2D eigenvalue weighted by molar-refractivity contribution is 0.281. The summed E-state index contributed by atoms with van der Waals surface area (Å²) in [5, 5.41) is 6.79. The number of halogens is 2. The minimum absolute atomic E-state index is 0.0167. The minimum atomic E-state index is -2.71. The first-order chi connectivity index (χ1) is 24.6. The van der Waals surface area contributed by atoms with Crippen molar-refractivity contribution < 1.29 is 13.6 Å². The lowest BCUT2D eigenvalue weighted by Crippen LogP contribution is -2.66. The molecule has 0 fully saturated rings. The Hall–Kier alpha value is -4.44. The molecule has 10 heteroatoms. The van der Waals surface area contributed by atoms with E-state index >= 15 is 0 Å². The van der Waals surface area contributed by atoms with Crippen LogP contribution in [0.1, 0.15) is 58.1 Å². The van der Waals surface area contributed by atoms with E-state index in [0.717, 1.165) is 47.2 Å². The number of nitrogens with zero attached hydrogens (tertiary/aromatic N) is 3. The van der Waals surface area contributed by atoms with Gasteiger partial charge in [0.15, 0.2) is 5.82 Å². The van der Waals surface area contributed by atoms with Crippen LogP contribution in [0.15, 0.2) is 97.1 Å². The van der Waals surface area contributed by atoms with Crippen LogP contribution in [0.25, 0.3) is 21.9 Å². The maximum absolute atomic E-state index is 14.7. The molecule has 4 aromatic carbocycles. The van der Waals surface area contributed by atoms with Gasteiger partial charge in [0.1, 0.15) is 22.6 Å². The number of anilines is 2. The van der Waals surface area contributed by atoms with Crippen LogP contribution in [0.4, 0.5) is 16.2 Å². The van der Waals surface area contributed by atoms with Crippen molar-refractivity contribution in [2.45, 2.75) is 70.5 Å². The molecule has 51 heavy (non-hydrogen) atoms. The number of nitrogens with two attached hydrogens (primary N) is 1. The quantitative estimate of drug-likeness (QED) is 0.0865. The summed E-state index contributed by atoms with van der Waals surface area (Å²) in [4.78, 5) is 9.42. The summed E-state index contributed by atoms with van der Waals surface area (Å²) in [7, 11) is -1.06. The fraction of sp³-hybridized carbons (Fsp3) is 0.317. The van der Waals surface area contributed by atoms with Crippen LogP contribution in [0.3, 0.4) is 0 Å². The number of methoxy groups -OCH3 is 1. The van der Waals surface area contributed by atoms with Crippen LogP contribution >= 0.6 is 11.6 Å². The zero-order valence-electron chi connectivity index (χ0n) is 30.0. The standard InChI is InChI=1S/C41H47ClFN5O2Si/c1-6-13-31(22-23-50-51(41(2,3)4,32-14-9-7-10-15-32)33-16-11-8-12-17-33)45-39-38-37(46-40(44)47-39)34-25-30(43)19-20-35(34)48(38)27-29-24-28(26-42)18-21-36(29)49-5/h7-12,14-21,24-25,31H,6,13,22-23,26-27H2,1-5H3,(H3,44,45,46,47). The number of rotatable bonds is 14. The molecule has 0 radical (unpaired) electrons. The molecule has 3 N–H and O–H groups in total. The van der Waals surface area contributed by atoms with Crippen molar-refractivity contribution in [1.82, 2.24) is 14.5 Å². The summed E-state index contributed by atoms with van der Waals surface area (Å²) in [6, 6.07) is 32.1. The van der Waals surface area contributed by atoms with Gasteiger partial charge in [-0.3, -0.25) is 0 Å². The molecule has 0 spiro atoms. The van der Waals surface area contributed by atoms with Crippen LogP contribution in [-0.4, -0.2) is 42.6 Å². The second-order valence-electron chi connectivity index (χ2n) is 14.1. The average Bonchev–Trinajstić information content (AvgIpc) is 3.42. The van der Waals surface area contributed by atoms with E-state index in [-0.39, 0.29) is 22.8 Å². The van der Waals surface area contributed by atoms with Crippen molar-refractivity contribution in [2.24, 2.45) is 0 Å². The van der Waals surface area contributed by atoms with E-state index in [1.165, 1.54) is 22.5 Å². The van der Waals surface area contributed by atoms with Crippen LogP contribution in [-0.2, 0) is 16.9 Å². The van der Waals surface area contributed by atoms with Gasteiger partial charge in [-0.1, -0.05) is 101 Å². The summed E-state index contributed by atoms with van der Waals surface area (Å²) in [5.74, 6) is 1.48. The molecule has 0 bridgehead atoms. The maximum Gasteiger partial charge on any atom is 0.261 e. The molecule has 0 amide bonds. The molecule has 6 rings (SSSR count). The Morgan fingerprint density at radius 1 is 0.922 bits per heavy atom. The van der Waals surface area contributed by atoms with Gasteiger partial charge in [-0.15, -0.1) is 11.6 Å². The molecular formula is C41H47ClFN5O2Si. The van der Waals surface area contributed by atoms with Crippen molar-refractivity contribution in [3.05, 3.63) is 114 Å². The normalized spacial score (nSPS) is 12.8. The van der Waals surface area contributed by atoms with E-state index in [1.807, 2.05) is 18.2 Å². The number of ether oxygens (including phenoxy) is 1. The molecule has 2 aromatic heterocycles. The maximum atomic E-state index is 14.7. The first-order valence-electron chi connectivity index (χ1n) is 17.6. The number of benzene rings is 4. The Morgan fingerprint density at radius 3 is 2.22 bits per heavy atom. The van der Waals surface area contributed by atoms with Gasteiger partial charge in [0, 0.05) is 29.5 Å². The molecule has 266 valence electrons. The first-order valence-corrected chi connectivity index (χ1v) is 20.0. The van der Waals surface area contributed by atoms with Crippen molar-refractivity contribution in [3.8, 4) is 5.75 Å². The van der Waals surface area contributed by atoms with E-state index in [2.05, 4.69) is 103 Å². The zero-order chi connectivity index (χ0) is 36.2. The van der Waals surface area contributed by atoms with Crippen LogP contribution < -0.4 is 26.2 Å². The Labute approximate surface area is 306 Å². The average molecular weight is 724 g/mol. The van der Waals surface area contributed by atoms with Gasteiger partial charge in [-0.2, -0.15) is 4.98 Å². The van der Waals surface area contributed by atoms with E-state index in [1.54, 1.807) is 13.2 Å². The van der Waals surface area contributed by atoms with Crippen molar-refractivity contribution in [2.75, 3.05) is 24.8 Å². The van der Waals surface area contributed by atoms with Gasteiger partial charge >= 0.3 is 0 Å². The predicted molar refractivity (Wildman–Crippen MR) is 212 cm³/mol. The van der Waals surface area contributed by atoms with Crippen molar-refractivity contribution in [3.63, 3.8) is 0 Å². The van der Waals surface area contributed by atoms with Crippen LogP contribution in [0, 0.1) is 5.82 Å². The zero-order valence-corrected chi connectivity index (χ0v) is 31.8. The highest BCUT2D eigenvalue weighted by Crippen LogP contribution is 2.38. The largest absolute Gasteiger partial charge is 0.496 e. The monoisotopic (exact) mass is 723 g/mol. The molecule has 7 nitrogen and oxygen atoms in total. The lowest BCUT2D eigenvalue weighted by atomic mass is 10.1. The summed E-state index contributed by atoms with van der Waals surface area (Å²) < 4.78 is 29.9. The van der Waals surface area contributed by atoms with E-state index in [0.29, 0.717) is 35.8 Å². The number of nitrogens with one attached hydrogen (secondary N) is 1. The molecule has 0 aliphatic heterocycles. The molecule has 1 unspecified atom stereocenters. The Morgan fingerprint density at radius 2 is 1.61 bits per heavy atom. The Kier molecular flexibility index (Phi) is 11.0. The van der Waals surface area contributed by atoms with Gasteiger partial charge in [0.2, 0.25) is 5.95 Å². The summed E-state index contributed by atoms with van der Waals surface area (Å²) in [6.45, 7) is 10.0. The summed E-state index contributed by atoms with van der Waals surface area (Å²) in [6.07, 6.45) is 2.58. The van der Waals surface area contributed by atoms with E-state index in [9.17, 15) is 4.39 Å². The molecule has 1 atom stereocenters. The second kappa shape index (κ2) is 15.4. The third-order valence-corrected chi connectivity index (χ3v) is 15.0. The molecule has 0 saturated heterocycles. The first kappa shape index (κ1) is 36.4. The third kappa shape index (κ3) is 7.33. The number of hydrogen-bond donors (Lipinski definition) is 2. The predicted octanol–water partition coefficient (Wildman–Crippen LogP) is 8.65. The number of nitrogen functional groups attached to an aromatic ring is 1. The van der Waals surface area contributed by atoms with Gasteiger partial charge in [-0.05, 0) is 64.1 Å². The van der Waals surface area contributed by atoms with E-state index in [4.69, 9.17) is 31.5 Å². The second-order valence-corrected chi connectivity index (χ2v) is 18.7. The number of alkyl halides is 1. The number of aromatic nitrogens is 3. The fourth-order valence-electron chi connectivity index (χ4n) is 7.39. The van der Waals surface area contributed by atoms with Gasteiger partial charge in [0.05, 0.1) is 19.2 Å². The third-order valence-electron chi connectivity index (χ3n) is 9.68. The van der Waals surface area contributed by atoms with Crippen LogP contribution in [0.5, 0.6) is 5.75 Å². The van der Waals surface area contributed by atoms with E-state index < -0.39 is 8.32 Å².